The van der Waals surface area contributed by atoms with E-state index in [0.29, 0.717) is 11.0 Å². The quantitative estimate of drug-likeness (QED) is 0.755. The molecular weight excluding hydrogens is 224 g/mol. The first-order valence-corrected chi connectivity index (χ1v) is 6.04. The lowest BCUT2D eigenvalue weighted by atomic mass is 10.2. The zero-order valence-corrected chi connectivity index (χ0v) is 11.3. The molecule has 0 fully saturated rings. The van der Waals surface area contributed by atoms with Crippen LogP contribution in [0.3, 0.4) is 0 Å². The zero-order chi connectivity index (χ0) is 12.3. The SMILES string of the molecule is CCC(C)Oc1nc(C(C)C)nc(Cl)c1C. The van der Waals surface area contributed by atoms with Crippen LogP contribution in [0.4, 0.5) is 0 Å². The molecule has 0 saturated heterocycles. The molecular formula is C12H19ClN2O. The summed E-state index contributed by atoms with van der Waals surface area (Å²) in [6, 6.07) is 0. The Kier molecular flexibility index (Phi) is 4.54. The van der Waals surface area contributed by atoms with Crippen molar-refractivity contribution >= 4 is 11.6 Å². The average Bonchev–Trinajstić information content (AvgIpc) is 2.23. The summed E-state index contributed by atoms with van der Waals surface area (Å²) < 4.78 is 5.73. The molecule has 4 heteroatoms. The summed E-state index contributed by atoms with van der Waals surface area (Å²) in [5.74, 6) is 1.59. The van der Waals surface area contributed by atoms with Crippen molar-refractivity contribution in [2.75, 3.05) is 0 Å². The predicted molar refractivity (Wildman–Crippen MR) is 66.2 cm³/mol. The minimum Gasteiger partial charge on any atom is -0.474 e. The second-order valence-electron chi connectivity index (χ2n) is 4.29. The van der Waals surface area contributed by atoms with E-state index in [0.717, 1.165) is 17.8 Å². The maximum atomic E-state index is 6.06. The largest absolute Gasteiger partial charge is 0.474 e. The second-order valence-corrected chi connectivity index (χ2v) is 4.65. The Morgan fingerprint density at radius 3 is 2.38 bits per heavy atom. The Bertz CT molecular complexity index is 366. The van der Waals surface area contributed by atoms with Gasteiger partial charge in [-0.25, -0.2) is 4.98 Å². The summed E-state index contributed by atoms with van der Waals surface area (Å²) in [6.07, 6.45) is 1.09. The predicted octanol–water partition coefficient (Wildman–Crippen LogP) is 3.74. The Morgan fingerprint density at radius 1 is 1.25 bits per heavy atom. The third kappa shape index (κ3) is 3.08. The molecule has 1 rings (SSSR count). The average molecular weight is 243 g/mol. The van der Waals surface area contributed by atoms with Crippen LogP contribution in [-0.4, -0.2) is 16.1 Å². The first kappa shape index (κ1) is 13.2. The summed E-state index contributed by atoms with van der Waals surface area (Å²) in [6.45, 7) is 10.0. The lowest BCUT2D eigenvalue weighted by molar-refractivity contribution is 0.206. The number of aromatic nitrogens is 2. The Hall–Kier alpha value is -0.830. The van der Waals surface area contributed by atoms with Gasteiger partial charge in [-0.3, -0.25) is 0 Å². The third-order valence-electron chi connectivity index (χ3n) is 2.46. The molecule has 1 atom stereocenters. The lowest BCUT2D eigenvalue weighted by Crippen LogP contribution is -2.13. The summed E-state index contributed by atoms with van der Waals surface area (Å²) in [5, 5.41) is 0.483. The van der Waals surface area contributed by atoms with Crippen molar-refractivity contribution in [3.05, 3.63) is 16.5 Å². The smallest absolute Gasteiger partial charge is 0.221 e. The molecule has 1 aromatic heterocycles. The normalized spacial score (nSPS) is 12.9. The monoisotopic (exact) mass is 242 g/mol. The van der Waals surface area contributed by atoms with E-state index in [-0.39, 0.29) is 12.0 Å². The molecule has 0 radical (unpaired) electrons. The fourth-order valence-corrected chi connectivity index (χ4v) is 1.30. The van der Waals surface area contributed by atoms with E-state index < -0.39 is 0 Å². The third-order valence-corrected chi connectivity index (χ3v) is 2.83. The van der Waals surface area contributed by atoms with Crippen molar-refractivity contribution in [3.8, 4) is 5.88 Å². The van der Waals surface area contributed by atoms with E-state index in [4.69, 9.17) is 16.3 Å². The van der Waals surface area contributed by atoms with Crippen LogP contribution in [0.2, 0.25) is 5.15 Å². The number of halogens is 1. The molecule has 1 heterocycles. The lowest BCUT2D eigenvalue weighted by Gasteiger charge is -2.15. The highest BCUT2D eigenvalue weighted by atomic mass is 35.5. The first-order chi connectivity index (χ1) is 7.45. The molecule has 0 aliphatic heterocycles. The molecule has 0 bridgehead atoms. The number of ether oxygens (including phenoxy) is 1. The first-order valence-electron chi connectivity index (χ1n) is 5.66. The fraction of sp³-hybridized carbons (Fsp3) is 0.667. The van der Waals surface area contributed by atoms with Gasteiger partial charge in [0.1, 0.15) is 11.0 Å². The van der Waals surface area contributed by atoms with Crippen LogP contribution in [-0.2, 0) is 0 Å². The molecule has 90 valence electrons. The molecule has 0 saturated carbocycles. The van der Waals surface area contributed by atoms with Crippen LogP contribution < -0.4 is 4.74 Å². The Balaban J connectivity index is 3.06. The van der Waals surface area contributed by atoms with Gasteiger partial charge < -0.3 is 4.74 Å². The molecule has 0 spiro atoms. The van der Waals surface area contributed by atoms with Gasteiger partial charge in [0.15, 0.2) is 0 Å². The molecule has 0 aromatic carbocycles. The van der Waals surface area contributed by atoms with Crippen molar-refractivity contribution in [2.24, 2.45) is 0 Å². The summed E-state index contributed by atoms with van der Waals surface area (Å²) >= 11 is 6.06. The van der Waals surface area contributed by atoms with Gasteiger partial charge in [0, 0.05) is 11.5 Å². The van der Waals surface area contributed by atoms with E-state index in [1.165, 1.54) is 0 Å². The Labute approximate surface area is 102 Å². The standard InChI is InChI=1S/C12H19ClN2O/c1-6-8(4)16-12-9(5)10(13)14-11(15-12)7(2)3/h7-8H,6H2,1-5H3. The summed E-state index contributed by atoms with van der Waals surface area (Å²) in [7, 11) is 0. The van der Waals surface area contributed by atoms with Crippen LogP contribution in [0.1, 0.15) is 51.4 Å². The topological polar surface area (TPSA) is 35.0 Å². The van der Waals surface area contributed by atoms with Gasteiger partial charge in [0.25, 0.3) is 0 Å². The van der Waals surface area contributed by atoms with E-state index in [9.17, 15) is 0 Å². The van der Waals surface area contributed by atoms with Crippen molar-refractivity contribution < 1.29 is 4.74 Å². The molecule has 0 aliphatic rings. The van der Waals surface area contributed by atoms with E-state index in [2.05, 4.69) is 16.9 Å². The minimum atomic E-state index is 0.143. The molecule has 0 N–H and O–H groups in total. The highest BCUT2D eigenvalue weighted by molar-refractivity contribution is 6.30. The summed E-state index contributed by atoms with van der Waals surface area (Å²) in [5.41, 5.74) is 0.811. The van der Waals surface area contributed by atoms with Gasteiger partial charge >= 0.3 is 0 Å². The number of hydrogen-bond acceptors (Lipinski definition) is 3. The maximum Gasteiger partial charge on any atom is 0.221 e. The van der Waals surface area contributed by atoms with Gasteiger partial charge in [-0.15, -0.1) is 0 Å². The Morgan fingerprint density at radius 2 is 1.88 bits per heavy atom. The van der Waals surface area contributed by atoms with E-state index in [1.54, 1.807) is 0 Å². The molecule has 0 aliphatic carbocycles. The minimum absolute atomic E-state index is 0.143. The van der Waals surface area contributed by atoms with Crippen molar-refractivity contribution in [2.45, 2.75) is 53.1 Å². The van der Waals surface area contributed by atoms with Gasteiger partial charge in [-0.05, 0) is 20.3 Å². The number of nitrogens with zero attached hydrogens (tertiary/aromatic N) is 2. The summed E-state index contributed by atoms with van der Waals surface area (Å²) in [4.78, 5) is 8.64. The van der Waals surface area contributed by atoms with Gasteiger partial charge in [0.2, 0.25) is 5.88 Å². The van der Waals surface area contributed by atoms with Gasteiger partial charge in [0.05, 0.1) is 6.10 Å². The molecule has 0 amide bonds. The van der Waals surface area contributed by atoms with Gasteiger partial charge in [-0.1, -0.05) is 32.4 Å². The van der Waals surface area contributed by atoms with E-state index >= 15 is 0 Å². The van der Waals surface area contributed by atoms with Crippen LogP contribution >= 0.6 is 11.6 Å². The molecule has 1 aromatic rings. The molecule has 1 unspecified atom stereocenters. The van der Waals surface area contributed by atoms with Crippen molar-refractivity contribution in [1.82, 2.24) is 9.97 Å². The fourth-order valence-electron chi connectivity index (χ4n) is 1.13. The molecule has 3 nitrogen and oxygen atoms in total. The highest BCUT2D eigenvalue weighted by Crippen LogP contribution is 2.25. The van der Waals surface area contributed by atoms with Crippen LogP contribution in [0.5, 0.6) is 5.88 Å². The van der Waals surface area contributed by atoms with Crippen LogP contribution in [0.15, 0.2) is 0 Å². The van der Waals surface area contributed by atoms with Crippen molar-refractivity contribution in [3.63, 3.8) is 0 Å². The van der Waals surface area contributed by atoms with Gasteiger partial charge in [-0.2, -0.15) is 4.98 Å². The molecule has 16 heavy (non-hydrogen) atoms. The van der Waals surface area contributed by atoms with Crippen molar-refractivity contribution in [1.29, 1.82) is 0 Å². The second kappa shape index (κ2) is 5.48. The number of rotatable bonds is 4. The number of hydrogen-bond donors (Lipinski definition) is 0. The highest BCUT2D eigenvalue weighted by Gasteiger charge is 2.14. The van der Waals surface area contributed by atoms with Crippen LogP contribution in [0, 0.1) is 6.92 Å². The zero-order valence-electron chi connectivity index (χ0n) is 10.5. The van der Waals surface area contributed by atoms with Crippen LogP contribution in [0.25, 0.3) is 0 Å². The van der Waals surface area contributed by atoms with E-state index in [1.807, 2.05) is 27.7 Å². The maximum absolute atomic E-state index is 6.06.